The van der Waals surface area contributed by atoms with E-state index in [0.717, 1.165) is 24.4 Å². The molecule has 32 heavy (non-hydrogen) atoms. The minimum absolute atomic E-state index is 0.0300. The van der Waals surface area contributed by atoms with E-state index in [1.165, 1.54) is 0 Å². The van der Waals surface area contributed by atoms with Gasteiger partial charge in [0, 0.05) is 51.4 Å². The summed E-state index contributed by atoms with van der Waals surface area (Å²) in [5.74, 6) is 2.12. The van der Waals surface area contributed by atoms with Crippen LogP contribution >= 0.6 is 0 Å². The number of aromatic nitrogens is 1. The average Bonchev–Trinajstić information content (AvgIpc) is 3.38. The lowest BCUT2D eigenvalue weighted by molar-refractivity contribution is -0.148. The highest BCUT2D eigenvalue weighted by Crippen LogP contribution is 2.45. The topological polar surface area (TPSA) is 79.1 Å². The Morgan fingerprint density at radius 1 is 1.06 bits per heavy atom. The van der Waals surface area contributed by atoms with Gasteiger partial charge in [-0.25, -0.2) is 4.98 Å². The Labute approximate surface area is 188 Å². The van der Waals surface area contributed by atoms with Crippen LogP contribution in [0.25, 0.3) is 0 Å². The summed E-state index contributed by atoms with van der Waals surface area (Å²) in [6, 6.07) is 9.42. The van der Waals surface area contributed by atoms with Crippen molar-refractivity contribution in [2.75, 3.05) is 57.4 Å². The molecule has 0 saturated carbocycles. The Kier molecular flexibility index (Phi) is 5.63. The molecule has 8 nitrogen and oxygen atoms in total. The normalized spacial score (nSPS) is 26.0. The van der Waals surface area contributed by atoms with Crippen molar-refractivity contribution in [1.82, 2.24) is 14.8 Å². The van der Waals surface area contributed by atoms with E-state index in [0.29, 0.717) is 58.2 Å². The summed E-state index contributed by atoms with van der Waals surface area (Å²) in [6.45, 7) is 6.77. The third-order valence-electron chi connectivity index (χ3n) is 7.12. The van der Waals surface area contributed by atoms with Crippen LogP contribution in [0.3, 0.4) is 0 Å². The fourth-order valence-electron chi connectivity index (χ4n) is 5.47. The van der Waals surface area contributed by atoms with Gasteiger partial charge in [-0.3, -0.25) is 9.59 Å². The van der Waals surface area contributed by atoms with Gasteiger partial charge < -0.3 is 23.9 Å². The number of carbonyl (C=O) groups is 2. The average molecular weight is 439 g/mol. The molecule has 5 heterocycles. The van der Waals surface area contributed by atoms with Crippen molar-refractivity contribution in [3.63, 3.8) is 0 Å². The summed E-state index contributed by atoms with van der Waals surface area (Å²) in [7, 11) is 0. The van der Waals surface area contributed by atoms with Crippen LogP contribution in [0.4, 0.5) is 5.82 Å². The van der Waals surface area contributed by atoms with Crippen LogP contribution in [0.15, 0.2) is 40.9 Å². The molecule has 2 aromatic rings. The lowest BCUT2D eigenvalue weighted by Gasteiger charge is -2.38. The number of nitrogens with zero attached hydrogens (tertiary/aromatic N) is 4. The third kappa shape index (κ3) is 3.77. The maximum absolute atomic E-state index is 13.9. The van der Waals surface area contributed by atoms with Crippen molar-refractivity contribution in [2.45, 2.75) is 19.8 Å². The van der Waals surface area contributed by atoms with E-state index in [1.54, 1.807) is 12.3 Å². The van der Waals surface area contributed by atoms with Crippen molar-refractivity contribution >= 4 is 17.6 Å². The van der Waals surface area contributed by atoms with Crippen LogP contribution in [0.1, 0.15) is 29.2 Å². The second-order valence-electron chi connectivity index (χ2n) is 9.09. The summed E-state index contributed by atoms with van der Waals surface area (Å²) in [6.07, 6.45) is 3.33. The second-order valence-corrected chi connectivity index (χ2v) is 9.09. The Hall–Kier alpha value is -2.87. The number of amides is 2. The first-order chi connectivity index (χ1) is 15.6. The van der Waals surface area contributed by atoms with E-state index in [9.17, 15) is 9.59 Å². The molecule has 3 aliphatic rings. The van der Waals surface area contributed by atoms with Crippen molar-refractivity contribution in [3.8, 4) is 0 Å². The van der Waals surface area contributed by atoms with E-state index in [1.807, 2.05) is 41.0 Å². The fraction of sp³-hybridized carbons (Fsp3) is 0.542. The Morgan fingerprint density at radius 2 is 1.91 bits per heavy atom. The van der Waals surface area contributed by atoms with Crippen molar-refractivity contribution in [3.05, 3.63) is 48.0 Å². The molecule has 0 bridgehead atoms. The molecule has 0 aromatic carbocycles. The largest absolute Gasteiger partial charge is 0.456 e. The zero-order valence-electron chi connectivity index (χ0n) is 18.5. The van der Waals surface area contributed by atoms with E-state index in [-0.39, 0.29) is 17.7 Å². The molecule has 0 radical (unpaired) electrons. The highest BCUT2D eigenvalue weighted by molar-refractivity contribution is 5.92. The van der Waals surface area contributed by atoms with Crippen LogP contribution in [-0.2, 0) is 9.53 Å². The van der Waals surface area contributed by atoms with Gasteiger partial charge in [0.15, 0.2) is 5.76 Å². The molecule has 3 fully saturated rings. The lowest BCUT2D eigenvalue weighted by atomic mass is 9.73. The molecule has 2 amide bonds. The Morgan fingerprint density at radius 3 is 2.62 bits per heavy atom. The van der Waals surface area contributed by atoms with Gasteiger partial charge in [-0.05, 0) is 44.0 Å². The van der Waals surface area contributed by atoms with Gasteiger partial charge in [-0.2, -0.15) is 0 Å². The lowest BCUT2D eigenvalue weighted by Crippen LogP contribution is -2.53. The smallest absolute Gasteiger partial charge is 0.289 e. The number of furan rings is 1. The molecule has 3 aliphatic heterocycles. The van der Waals surface area contributed by atoms with E-state index in [2.05, 4.69) is 9.88 Å². The maximum Gasteiger partial charge on any atom is 0.289 e. The molecule has 3 saturated heterocycles. The first-order valence-electron chi connectivity index (χ1n) is 11.5. The van der Waals surface area contributed by atoms with Gasteiger partial charge in [-0.15, -0.1) is 0 Å². The molecule has 0 spiro atoms. The molecule has 0 N–H and O–H groups in total. The van der Waals surface area contributed by atoms with E-state index in [4.69, 9.17) is 9.15 Å². The molecular weight excluding hydrogens is 408 g/mol. The third-order valence-corrected chi connectivity index (χ3v) is 7.12. The van der Waals surface area contributed by atoms with Gasteiger partial charge in [0.25, 0.3) is 5.91 Å². The van der Waals surface area contributed by atoms with Crippen LogP contribution < -0.4 is 4.90 Å². The molecule has 0 aliphatic carbocycles. The number of aryl methyl sites for hydroxylation is 1. The quantitative estimate of drug-likeness (QED) is 0.731. The minimum atomic E-state index is -0.525. The minimum Gasteiger partial charge on any atom is -0.456 e. The number of ether oxygens (including phenoxy) is 1. The number of hydrogen-bond acceptors (Lipinski definition) is 6. The Balaban J connectivity index is 1.44. The van der Waals surface area contributed by atoms with Gasteiger partial charge in [0.1, 0.15) is 11.6 Å². The van der Waals surface area contributed by atoms with Gasteiger partial charge in [-0.1, -0.05) is 6.07 Å². The number of anilines is 1. The highest BCUT2D eigenvalue weighted by Gasteiger charge is 2.55. The van der Waals surface area contributed by atoms with Crippen LogP contribution in [0.5, 0.6) is 0 Å². The Bertz CT molecular complexity index is 971. The monoisotopic (exact) mass is 438 g/mol. The number of carbonyl (C=O) groups excluding carboxylic acids is 2. The predicted molar refractivity (Wildman–Crippen MR) is 118 cm³/mol. The number of morpholine rings is 1. The van der Waals surface area contributed by atoms with Crippen LogP contribution in [-0.4, -0.2) is 79.1 Å². The predicted octanol–water partition coefficient (Wildman–Crippen LogP) is 2.20. The summed E-state index contributed by atoms with van der Waals surface area (Å²) >= 11 is 0. The van der Waals surface area contributed by atoms with Crippen molar-refractivity contribution in [2.24, 2.45) is 11.3 Å². The van der Waals surface area contributed by atoms with E-state index < -0.39 is 5.41 Å². The molecule has 2 atom stereocenters. The summed E-state index contributed by atoms with van der Waals surface area (Å²) < 4.78 is 11.1. The molecule has 5 rings (SSSR count). The summed E-state index contributed by atoms with van der Waals surface area (Å²) in [5.41, 5.74) is -0.525. The molecule has 2 aromatic heterocycles. The maximum atomic E-state index is 13.9. The first-order valence-corrected chi connectivity index (χ1v) is 11.5. The molecule has 170 valence electrons. The molecule has 0 unspecified atom stereocenters. The van der Waals surface area contributed by atoms with Crippen molar-refractivity contribution < 1.29 is 18.7 Å². The summed E-state index contributed by atoms with van der Waals surface area (Å²) in [4.78, 5) is 37.7. The standard InChI is InChI=1S/C24H30N4O4/c1-18-6-7-20(32-18)22(29)27-10-4-8-24(23(30)26-11-13-31-14-12-26)17-28(16-19(24)15-27)21-5-2-3-9-25-21/h2-3,5-7,9,19H,4,8,10-17H2,1H3/t19-,24-/m0/s1. The number of likely N-dealkylation sites (tertiary alicyclic amines) is 1. The van der Waals surface area contributed by atoms with E-state index >= 15 is 0 Å². The molecular formula is C24H30N4O4. The SMILES string of the molecule is Cc1ccc(C(=O)N2CCC[C@]3(C(=O)N4CCOCC4)CN(c4ccccn4)C[C@@H]3C2)o1. The first kappa shape index (κ1) is 21.0. The van der Waals surface area contributed by atoms with Crippen molar-refractivity contribution in [1.29, 1.82) is 0 Å². The second kappa shape index (κ2) is 8.58. The molecule has 8 heteroatoms. The highest BCUT2D eigenvalue weighted by atomic mass is 16.5. The number of rotatable bonds is 3. The fourth-order valence-corrected chi connectivity index (χ4v) is 5.47. The van der Waals surface area contributed by atoms with Gasteiger partial charge in [0.05, 0.1) is 18.6 Å². The zero-order chi connectivity index (χ0) is 22.1. The summed E-state index contributed by atoms with van der Waals surface area (Å²) in [5, 5.41) is 0. The number of pyridine rings is 1. The van der Waals surface area contributed by atoms with Crippen LogP contribution in [0, 0.1) is 18.3 Å². The van der Waals surface area contributed by atoms with Gasteiger partial charge >= 0.3 is 0 Å². The number of hydrogen-bond donors (Lipinski definition) is 0. The zero-order valence-corrected chi connectivity index (χ0v) is 18.5. The number of fused-ring (bicyclic) bond motifs is 1. The van der Waals surface area contributed by atoms with Gasteiger partial charge in [0.2, 0.25) is 5.91 Å². The van der Waals surface area contributed by atoms with Crippen LogP contribution in [0.2, 0.25) is 0 Å².